The smallest absolute Gasteiger partial charge is 0.0175 e. The number of rotatable bonds is 2. The quantitative estimate of drug-likeness (QED) is 0.513. The number of benzene rings is 2. The van der Waals surface area contributed by atoms with Crippen molar-refractivity contribution in [3.05, 3.63) is 79.7 Å². The van der Waals surface area contributed by atoms with E-state index >= 15 is 0 Å². The summed E-state index contributed by atoms with van der Waals surface area (Å²) < 4.78 is 2.25. The third-order valence-corrected chi connectivity index (χ3v) is 5.26. The molecule has 0 spiro atoms. The first kappa shape index (κ1) is 14.8. The molecule has 0 atom stereocenters. The van der Waals surface area contributed by atoms with Gasteiger partial charge in [0.05, 0.1) is 0 Å². The fraction of sp³-hybridized carbons (Fsp3) is 0.158. The molecule has 2 aromatic rings. The Balaban J connectivity index is 1.96. The molecule has 0 nitrogen and oxygen atoms in total. The predicted octanol–water partition coefficient (Wildman–Crippen LogP) is 6.86. The second-order valence-electron chi connectivity index (χ2n) is 5.40. The van der Waals surface area contributed by atoms with E-state index in [1.807, 2.05) is 0 Å². The van der Waals surface area contributed by atoms with Crippen molar-refractivity contribution in [3.8, 4) is 0 Å². The first-order valence-electron chi connectivity index (χ1n) is 6.98. The van der Waals surface area contributed by atoms with Gasteiger partial charge in [0.1, 0.15) is 0 Å². The van der Waals surface area contributed by atoms with Gasteiger partial charge in [-0.25, -0.2) is 0 Å². The Kier molecular flexibility index (Phi) is 4.19. The van der Waals surface area contributed by atoms with Crippen LogP contribution in [0.2, 0.25) is 0 Å². The highest BCUT2D eigenvalue weighted by Crippen LogP contribution is 2.42. The molecule has 0 saturated heterocycles. The van der Waals surface area contributed by atoms with Crippen molar-refractivity contribution in [1.82, 2.24) is 0 Å². The summed E-state index contributed by atoms with van der Waals surface area (Å²) in [5, 5.41) is 0. The molecule has 0 bridgehead atoms. The van der Waals surface area contributed by atoms with Crippen molar-refractivity contribution in [1.29, 1.82) is 0 Å². The van der Waals surface area contributed by atoms with Gasteiger partial charge in [0.25, 0.3) is 0 Å². The van der Waals surface area contributed by atoms with Crippen LogP contribution in [0.4, 0.5) is 0 Å². The maximum absolute atomic E-state index is 3.51. The molecule has 0 radical (unpaired) electrons. The summed E-state index contributed by atoms with van der Waals surface area (Å²) in [6.07, 6.45) is 1.01. The van der Waals surface area contributed by atoms with E-state index in [-0.39, 0.29) is 0 Å². The number of allylic oxidation sites excluding steroid dienone is 4. The van der Waals surface area contributed by atoms with E-state index in [2.05, 4.69) is 94.2 Å². The Labute approximate surface area is 142 Å². The van der Waals surface area contributed by atoms with Gasteiger partial charge in [-0.05, 0) is 78.0 Å². The number of halogens is 2. The van der Waals surface area contributed by atoms with E-state index in [1.165, 1.54) is 33.4 Å². The minimum Gasteiger partial charge on any atom is -0.0536 e. The SMILES string of the molecule is CC1=C(c2ccc(Br)cc2)CC(c2ccc(Br)cc2)=C1C. The van der Waals surface area contributed by atoms with Crippen molar-refractivity contribution in [3.63, 3.8) is 0 Å². The van der Waals surface area contributed by atoms with E-state index in [0.717, 1.165) is 15.4 Å². The zero-order valence-electron chi connectivity index (χ0n) is 12.1. The fourth-order valence-corrected chi connectivity index (χ4v) is 3.36. The number of hydrogen-bond acceptors (Lipinski definition) is 0. The largest absolute Gasteiger partial charge is 0.0536 e. The van der Waals surface area contributed by atoms with Gasteiger partial charge in [-0.1, -0.05) is 56.1 Å². The molecule has 0 aromatic heterocycles. The molecule has 3 rings (SSSR count). The highest BCUT2D eigenvalue weighted by atomic mass is 79.9. The second-order valence-corrected chi connectivity index (χ2v) is 7.23. The summed E-state index contributed by atoms with van der Waals surface area (Å²) >= 11 is 7.01. The van der Waals surface area contributed by atoms with Crippen molar-refractivity contribution in [2.75, 3.05) is 0 Å². The van der Waals surface area contributed by atoms with Gasteiger partial charge in [-0.2, -0.15) is 0 Å². The fourth-order valence-electron chi connectivity index (χ4n) is 2.83. The summed E-state index contributed by atoms with van der Waals surface area (Å²) in [5.74, 6) is 0. The van der Waals surface area contributed by atoms with Gasteiger partial charge < -0.3 is 0 Å². The first-order chi connectivity index (χ1) is 10.1. The lowest BCUT2D eigenvalue weighted by Gasteiger charge is -2.07. The summed E-state index contributed by atoms with van der Waals surface area (Å²) in [6, 6.07) is 17.2. The molecule has 2 aromatic carbocycles. The Morgan fingerprint density at radius 1 is 0.619 bits per heavy atom. The van der Waals surface area contributed by atoms with E-state index in [9.17, 15) is 0 Å². The normalized spacial score (nSPS) is 15.0. The molecule has 0 amide bonds. The van der Waals surface area contributed by atoms with Crippen LogP contribution in [-0.2, 0) is 0 Å². The topological polar surface area (TPSA) is 0 Å². The summed E-state index contributed by atoms with van der Waals surface area (Å²) in [7, 11) is 0. The summed E-state index contributed by atoms with van der Waals surface area (Å²) in [6.45, 7) is 4.47. The lowest BCUT2D eigenvalue weighted by Crippen LogP contribution is -1.86. The third kappa shape index (κ3) is 2.93. The van der Waals surface area contributed by atoms with Crippen LogP contribution in [0.3, 0.4) is 0 Å². The van der Waals surface area contributed by atoms with Crippen LogP contribution >= 0.6 is 31.9 Å². The molecular formula is C19H16Br2. The summed E-state index contributed by atoms with van der Waals surface area (Å²) in [4.78, 5) is 0. The Morgan fingerprint density at radius 3 is 1.29 bits per heavy atom. The van der Waals surface area contributed by atoms with Crippen molar-refractivity contribution in [2.24, 2.45) is 0 Å². The maximum Gasteiger partial charge on any atom is 0.0175 e. The van der Waals surface area contributed by atoms with Gasteiger partial charge in [-0.3, -0.25) is 0 Å². The second kappa shape index (κ2) is 5.94. The molecule has 0 heterocycles. The monoisotopic (exact) mass is 402 g/mol. The van der Waals surface area contributed by atoms with Crippen molar-refractivity contribution < 1.29 is 0 Å². The van der Waals surface area contributed by atoms with E-state index in [4.69, 9.17) is 0 Å². The molecule has 21 heavy (non-hydrogen) atoms. The van der Waals surface area contributed by atoms with Gasteiger partial charge in [0, 0.05) is 8.95 Å². The first-order valence-corrected chi connectivity index (χ1v) is 8.56. The van der Waals surface area contributed by atoms with E-state index in [1.54, 1.807) is 0 Å². The lowest BCUT2D eigenvalue weighted by atomic mass is 9.98. The van der Waals surface area contributed by atoms with Gasteiger partial charge in [0.15, 0.2) is 0 Å². The average molecular weight is 404 g/mol. The van der Waals surface area contributed by atoms with E-state index < -0.39 is 0 Å². The molecule has 0 N–H and O–H groups in total. The molecule has 0 unspecified atom stereocenters. The third-order valence-electron chi connectivity index (χ3n) is 4.21. The maximum atomic E-state index is 3.51. The van der Waals surface area contributed by atoms with Crippen molar-refractivity contribution >= 4 is 43.0 Å². The molecular weight excluding hydrogens is 388 g/mol. The van der Waals surface area contributed by atoms with Gasteiger partial charge >= 0.3 is 0 Å². The molecule has 1 aliphatic carbocycles. The standard InChI is InChI=1S/C19H16Br2/c1-12-13(2)19(15-5-9-17(21)10-6-15)11-18(12)14-3-7-16(20)8-4-14/h3-10H,11H2,1-2H3. The van der Waals surface area contributed by atoms with Crippen LogP contribution in [0.1, 0.15) is 31.4 Å². The Hall–Kier alpha value is -1.12. The molecule has 106 valence electrons. The number of hydrogen-bond donors (Lipinski definition) is 0. The molecule has 2 heteroatoms. The van der Waals surface area contributed by atoms with Gasteiger partial charge in [-0.15, -0.1) is 0 Å². The van der Waals surface area contributed by atoms with Crippen LogP contribution in [0.15, 0.2) is 68.6 Å². The van der Waals surface area contributed by atoms with Crippen LogP contribution in [0.25, 0.3) is 11.1 Å². The highest BCUT2D eigenvalue weighted by Gasteiger charge is 2.20. The molecule has 0 fully saturated rings. The zero-order chi connectivity index (χ0) is 15.0. The zero-order valence-corrected chi connectivity index (χ0v) is 15.3. The van der Waals surface area contributed by atoms with Crippen LogP contribution < -0.4 is 0 Å². The van der Waals surface area contributed by atoms with Gasteiger partial charge in [0.2, 0.25) is 0 Å². The summed E-state index contributed by atoms with van der Waals surface area (Å²) in [5.41, 5.74) is 8.35. The minimum absolute atomic E-state index is 1.01. The molecule has 1 aliphatic rings. The van der Waals surface area contributed by atoms with Crippen LogP contribution in [-0.4, -0.2) is 0 Å². The van der Waals surface area contributed by atoms with Crippen molar-refractivity contribution in [2.45, 2.75) is 20.3 Å². The van der Waals surface area contributed by atoms with Crippen LogP contribution in [0.5, 0.6) is 0 Å². The minimum atomic E-state index is 1.01. The average Bonchev–Trinajstić information content (AvgIpc) is 2.78. The predicted molar refractivity (Wildman–Crippen MR) is 98.1 cm³/mol. The Bertz CT molecular complexity index is 667. The lowest BCUT2D eigenvalue weighted by molar-refractivity contribution is 1.38. The Morgan fingerprint density at radius 2 is 0.952 bits per heavy atom. The van der Waals surface area contributed by atoms with E-state index in [0.29, 0.717) is 0 Å². The molecule has 0 saturated carbocycles. The van der Waals surface area contributed by atoms with Crippen LogP contribution in [0, 0.1) is 0 Å². The highest BCUT2D eigenvalue weighted by molar-refractivity contribution is 9.10. The molecule has 0 aliphatic heterocycles.